The minimum absolute atomic E-state index is 0.0909. The fourth-order valence-corrected chi connectivity index (χ4v) is 4.46. The third-order valence-corrected chi connectivity index (χ3v) is 6.16. The molecule has 0 saturated carbocycles. The number of aromatic nitrogens is 1. The van der Waals surface area contributed by atoms with Crippen molar-refractivity contribution in [1.29, 1.82) is 0 Å². The first-order chi connectivity index (χ1) is 15.7. The molecule has 2 aromatic heterocycles. The number of nitrogens with one attached hydrogen (secondary N) is 2. The summed E-state index contributed by atoms with van der Waals surface area (Å²) in [6.45, 7) is 9.04. The van der Waals surface area contributed by atoms with Crippen molar-refractivity contribution in [2.75, 3.05) is 25.0 Å². The smallest absolute Gasteiger partial charge is 0.259 e. The van der Waals surface area contributed by atoms with Crippen LogP contribution in [0.4, 0.5) is 5.69 Å². The van der Waals surface area contributed by atoms with Crippen molar-refractivity contribution in [3.8, 4) is 5.88 Å². The normalized spacial score (nSPS) is 17.8. The molecule has 1 fully saturated rings. The van der Waals surface area contributed by atoms with Crippen LogP contribution >= 0.6 is 0 Å². The van der Waals surface area contributed by atoms with E-state index in [2.05, 4.69) is 15.6 Å². The maximum absolute atomic E-state index is 13.0. The van der Waals surface area contributed by atoms with Crippen molar-refractivity contribution < 1.29 is 23.5 Å². The number of likely N-dealkylation sites (tertiary alicyclic amines) is 1. The molecule has 2 aliphatic rings. The van der Waals surface area contributed by atoms with Gasteiger partial charge in [0.2, 0.25) is 11.8 Å². The number of furan rings is 1. The largest absolute Gasteiger partial charge is 0.476 e. The predicted molar refractivity (Wildman–Crippen MR) is 122 cm³/mol. The maximum Gasteiger partial charge on any atom is 0.259 e. The molecule has 0 unspecified atom stereocenters. The van der Waals surface area contributed by atoms with Gasteiger partial charge in [-0.15, -0.1) is 0 Å². The van der Waals surface area contributed by atoms with Gasteiger partial charge >= 0.3 is 0 Å². The summed E-state index contributed by atoms with van der Waals surface area (Å²) in [7, 11) is 0. The Morgan fingerprint density at radius 2 is 2.03 bits per heavy atom. The maximum atomic E-state index is 13.0. The molecule has 1 saturated heterocycles. The lowest BCUT2D eigenvalue weighted by Gasteiger charge is -2.31. The second-order valence-corrected chi connectivity index (χ2v) is 9.22. The standard InChI is InChI=1S/C24H30N4O5/c1-5-32-23-18(7-6-17(26-23)15-8-10-28(11-9-15)14(2)29)25-21(30)16-13-33-19-12-24(3,4)27-22(31)20(16)19/h6-7,13,15H,5,8-12H2,1-4H3,(H,25,30)(H,27,31). The SMILES string of the molecule is CCOc1nc(C2CCN(C(C)=O)CC2)ccc1NC(=O)c1coc2c1C(=O)NC(C)(C)C2. The number of carbonyl (C=O) groups is 3. The van der Waals surface area contributed by atoms with Crippen LogP contribution in [0.2, 0.25) is 0 Å². The first-order valence-electron chi connectivity index (χ1n) is 11.3. The number of hydrogen-bond acceptors (Lipinski definition) is 6. The molecule has 9 nitrogen and oxygen atoms in total. The van der Waals surface area contributed by atoms with E-state index >= 15 is 0 Å². The summed E-state index contributed by atoms with van der Waals surface area (Å²) in [5.41, 5.74) is 1.32. The fraction of sp³-hybridized carbons (Fsp3) is 0.500. The van der Waals surface area contributed by atoms with Gasteiger partial charge in [-0.05, 0) is 45.7 Å². The molecule has 2 N–H and O–H groups in total. The van der Waals surface area contributed by atoms with E-state index in [0.29, 0.717) is 43.4 Å². The number of pyridine rings is 1. The Kier molecular flexibility index (Phi) is 6.14. The second kappa shape index (κ2) is 8.88. The number of ether oxygens (including phenoxy) is 1. The summed E-state index contributed by atoms with van der Waals surface area (Å²) in [4.78, 5) is 43.7. The average Bonchev–Trinajstić information content (AvgIpc) is 3.18. The summed E-state index contributed by atoms with van der Waals surface area (Å²) in [5.74, 6) is 0.367. The van der Waals surface area contributed by atoms with Crippen LogP contribution in [0.3, 0.4) is 0 Å². The van der Waals surface area contributed by atoms with E-state index in [0.717, 1.165) is 18.5 Å². The number of hydrogen-bond donors (Lipinski definition) is 2. The molecule has 0 spiro atoms. The number of piperidine rings is 1. The summed E-state index contributed by atoms with van der Waals surface area (Å²) < 4.78 is 11.3. The zero-order valence-electron chi connectivity index (χ0n) is 19.5. The van der Waals surface area contributed by atoms with E-state index in [1.165, 1.54) is 6.26 Å². The minimum Gasteiger partial charge on any atom is -0.476 e. The summed E-state index contributed by atoms with van der Waals surface area (Å²) >= 11 is 0. The average molecular weight is 455 g/mol. The number of fused-ring (bicyclic) bond motifs is 1. The van der Waals surface area contributed by atoms with Gasteiger partial charge in [-0.1, -0.05) is 0 Å². The third-order valence-electron chi connectivity index (χ3n) is 6.16. The van der Waals surface area contributed by atoms with E-state index < -0.39 is 11.4 Å². The highest BCUT2D eigenvalue weighted by Gasteiger charge is 2.36. The van der Waals surface area contributed by atoms with E-state index in [1.54, 1.807) is 13.0 Å². The van der Waals surface area contributed by atoms with Crippen LogP contribution in [0.5, 0.6) is 5.88 Å². The van der Waals surface area contributed by atoms with Crippen LogP contribution in [-0.2, 0) is 11.2 Å². The van der Waals surface area contributed by atoms with Crippen molar-refractivity contribution in [3.63, 3.8) is 0 Å². The molecule has 0 atom stereocenters. The van der Waals surface area contributed by atoms with Crippen LogP contribution < -0.4 is 15.4 Å². The van der Waals surface area contributed by atoms with Crippen LogP contribution in [-0.4, -0.2) is 52.8 Å². The molecule has 2 aliphatic heterocycles. The van der Waals surface area contributed by atoms with Gasteiger partial charge in [0, 0.05) is 43.6 Å². The van der Waals surface area contributed by atoms with Crippen LogP contribution in [0, 0.1) is 0 Å². The van der Waals surface area contributed by atoms with Crippen molar-refractivity contribution in [2.24, 2.45) is 0 Å². The molecule has 4 heterocycles. The van der Waals surface area contributed by atoms with Crippen LogP contribution in [0.1, 0.15) is 78.6 Å². The number of nitrogens with zero attached hydrogens (tertiary/aromatic N) is 2. The molecule has 4 rings (SSSR count). The Hall–Kier alpha value is -3.36. The second-order valence-electron chi connectivity index (χ2n) is 9.22. The van der Waals surface area contributed by atoms with E-state index in [-0.39, 0.29) is 28.9 Å². The Morgan fingerprint density at radius 1 is 1.30 bits per heavy atom. The lowest BCUT2D eigenvalue weighted by molar-refractivity contribution is -0.129. The highest BCUT2D eigenvalue weighted by atomic mass is 16.5. The summed E-state index contributed by atoms with van der Waals surface area (Å²) in [6.07, 6.45) is 3.49. The van der Waals surface area contributed by atoms with Gasteiger partial charge in [-0.2, -0.15) is 0 Å². The Morgan fingerprint density at radius 3 is 2.70 bits per heavy atom. The molecule has 33 heavy (non-hydrogen) atoms. The molecule has 0 bridgehead atoms. The fourth-order valence-electron chi connectivity index (χ4n) is 4.46. The van der Waals surface area contributed by atoms with E-state index in [9.17, 15) is 14.4 Å². The van der Waals surface area contributed by atoms with Crippen molar-refractivity contribution >= 4 is 23.4 Å². The van der Waals surface area contributed by atoms with E-state index in [4.69, 9.17) is 9.15 Å². The molecule has 0 aromatic carbocycles. The first kappa shape index (κ1) is 22.8. The number of carbonyl (C=O) groups excluding carboxylic acids is 3. The lowest BCUT2D eigenvalue weighted by Crippen LogP contribution is -2.49. The summed E-state index contributed by atoms with van der Waals surface area (Å²) in [6, 6.07) is 3.66. The summed E-state index contributed by atoms with van der Waals surface area (Å²) in [5, 5.41) is 5.72. The van der Waals surface area contributed by atoms with Gasteiger partial charge in [0.25, 0.3) is 11.8 Å². The van der Waals surface area contributed by atoms with Gasteiger partial charge < -0.3 is 24.7 Å². The molecule has 3 amide bonds. The Balaban J connectivity index is 1.53. The minimum atomic E-state index is -0.458. The molecule has 176 valence electrons. The molecular weight excluding hydrogens is 424 g/mol. The quantitative estimate of drug-likeness (QED) is 0.718. The monoisotopic (exact) mass is 454 g/mol. The van der Waals surface area contributed by atoms with Crippen LogP contribution in [0.15, 0.2) is 22.8 Å². The number of anilines is 1. The van der Waals surface area contributed by atoms with Gasteiger partial charge in [0.05, 0.1) is 17.7 Å². The van der Waals surface area contributed by atoms with E-state index in [1.807, 2.05) is 31.7 Å². The van der Waals surface area contributed by atoms with Crippen molar-refractivity contribution in [2.45, 2.75) is 58.4 Å². The van der Waals surface area contributed by atoms with Gasteiger partial charge in [-0.25, -0.2) is 4.98 Å². The van der Waals surface area contributed by atoms with Crippen molar-refractivity contribution in [1.82, 2.24) is 15.2 Å². The van der Waals surface area contributed by atoms with Gasteiger partial charge in [0.1, 0.15) is 17.7 Å². The molecule has 9 heteroatoms. The molecule has 0 aliphatic carbocycles. The Bertz CT molecular complexity index is 1080. The lowest BCUT2D eigenvalue weighted by atomic mass is 9.91. The number of rotatable bonds is 5. The van der Waals surface area contributed by atoms with Gasteiger partial charge in [-0.3, -0.25) is 14.4 Å². The van der Waals surface area contributed by atoms with Crippen LogP contribution in [0.25, 0.3) is 0 Å². The zero-order chi connectivity index (χ0) is 23.8. The highest BCUT2D eigenvalue weighted by Crippen LogP contribution is 2.32. The molecule has 0 radical (unpaired) electrons. The predicted octanol–water partition coefficient (Wildman–Crippen LogP) is 3.12. The first-order valence-corrected chi connectivity index (χ1v) is 11.3. The number of amides is 3. The highest BCUT2D eigenvalue weighted by molar-refractivity contribution is 6.13. The zero-order valence-corrected chi connectivity index (χ0v) is 19.5. The third kappa shape index (κ3) is 4.72. The Labute approximate surface area is 192 Å². The molecule has 2 aromatic rings. The molecular formula is C24H30N4O5. The van der Waals surface area contributed by atoms with Gasteiger partial charge in [0.15, 0.2) is 0 Å². The topological polar surface area (TPSA) is 114 Å². The van der Waals surface area contributed by atoms with Crippen molar-refractivity contribution in [3.05, 3.63) is 41.0 Å².